The third kappa shape index (κ3) is 3.82. The fourth-order valence-electron chi connectivity index (χ4n) is 2.76. The normalized spacial score (nSPS) is 16.6. The Morgan fingerprint density at radius 2 is 2.04 bits per heavy atom. The molecule has 6 nitrogen and oxygen atoms in total. The molecule has 1 aromatic carbocycles. The maximum absolute atomic E-state index is 12.1. The molecule has 0 spiro atoms. The molecule has 1 amide bonds. The van der Waals surface area contributed by atoms with Gasteiger partial charge in [0.2, 0.25) is 17.7 Å². The van der Waals surface area contributed by atoms with Gasteiger partial charge in [-0.25, -0.2) is 0 Å². The maximum atomic E-state index is 12.1. The van der Waals surface area contributed by atoms with Crippen LogP contribution in [0.4, 0.5) is 0 Å². The molecule has 6 heteroatoms. The van der Waals surface area contributed by atoms with Crippen molar-refractivity contribution in [1.29, 1.82) is 0 Å². The van der Waals surface area contributed by atoms with Crippen LogP contribution in [-0.2, 0) is 11.2 Å². The van der Waals surface area contributed by atoms with Crippen LogP contribution in [0.3, 0.4) is 0 Å². The number of aliphatic hydroxyl groups excluding tert-OH is 1. The Labute approximate surface area is 141 Å². The smallest absolute Gasteiger partial charge is 0.247 e. The largest absolute Gasteiger partial charge is 0.421 e. The molecule has 1 unspecified atom stereocenters. The lowest BCUT2D eigenvalue weighted by molar-refractivity contribution is -0.123. The highest BCUT2D eigenvalue weighted by atomic mass is 16.4. The number of nitrogens with zero attached hydrogens (tertiary/aromatic N) is 2. The maximum Gasteiger partial charge on any atom is 0.247 e. The van der Waals surface area contributed by atoms with Crippen LogP contribution in [0.5, 0.6) is 0 Å². The van der Waals surface area contributed by atoms with Gasteiger partial charge < -0.3 is 14.8 Å². The number of aromatic nitrogens is 2. The first kappa shape index (κ1) is 16.6. The van der Waals surface area contributed by atoms with Crippen LogP contribution in [0.15, 0.2) is 28.7 Å². The fraction of sp³-hybridized carbons (Fsp3) is 0.500. The highest BCUT2D eigenvalue weighted by Gasteiger charge is 2.42. The number of amides is 1. The van der Waals surface area contributed by atoms with Gasteiger partial charge in [0.05, 0.1) is 12.1 Å². The van der Waals surface area contributed by atoms with Crippen molar-refractivity contribution in [3.63, 3.8) is 0 Å². The summed E-state index contributed by atoms with van der Waals surface area (Å²) in [5.74, 6) is 1.18. The van der Waals surface area contributed by atoms with Crippen LogP contribution in [-0.4, -0.2) is 33.4 Å². The summed E-state index contributed by atoms with van der Waals surface area (Å²) in [6.45, 7) is 3.87. The number of hydrogen-bond donors (Lipinski definition) is 2. The zero-order chi connectivity index (χ0) is 17.2. The van der Waals surface area contributed by atoms with Gasteiger partial charge in [0.25, 0.3) is 0 Å². The van der Waals surface area contributed by atoms with E-state index in [1.54, 1.807) is 0 Å². The first-order valence-corrected chi connectivity index (χ1v) is 8.31. The van der Waals surface area contributed by atoms with Crippen LogP contribution >= 0.6 is 0 Å². The molecule has 1 aromatic heterocycles. The van der Waals surface area contributed by atoms with Gasteiger partial charge in [0.1, 0.15) is 0 Å². The average molecular weight is 329 g/mol. The SMILES string of the molecule is Cc1ccc(-c2nnc(CCC(=O)NC(C)(CO)C3CC3)o2)cc1. The third-order valence-corrected chi connectivity index (χ3v) is 4.56. The molecule has 1 fully saturated rings. The molecule has 1 aliphatic carbocycles. The van der Waals surface area contributed by atoms with E-state index in [1.165, 1.54) is 0 Å². The first-order valence-electron chi connectivity index (χ1n) is 8.31. The van der Waals surface area contributed by atoms with Gasteiger partial charge >= 0.3 is 0 Å². The number of aryl methyl sites for hydroxylation is 2. The Morgan fingerprint density at radius 3 is 2.67 bits per heavy atom. The van der Waals surface area contributed by atoms with Gasteiger partial charge in [-0.1, -0.05) is 17.7 Å². The van der Waals surface area contributed by atoms with E-state index in [2.05, 4.69) is 15.5 Å². The standard InChI is InChI=1S/C18H23N3O3/c1-12-3-5-13(6-4-12)17-21-20-16(24-17)10-9-15(23)19-18(2,11-22)14-7-8-14/h3-6,14,22H,7-11H2,1-2H3,(H,19,23). The Morgan fingerprint density at radius 1 is 1.33 bits per heavy atom. The van der Waals surface area contributed by atoms with Crippen molar-refractivity contribution in [2.45, 2.75) is 45.1 Å². The second-order valence-corrected chi connectivity index (χ2v) is 6.77. The van der Waals surface area contributed by atoms with E-state index in [4.69, 9.17) is 4.42 Å². The molecule has 3 rings (SSSR count). The molecule has 0 radical (unpaired) electrons. The summed E-state index contributed by atoms with van der Waals surface area (Å²) >= 11 is 0. The molecule has 1 atom stereocenters. The van der Waals surface area contributed by atoms with Crippen LogP contribution in [0.2, 0.25) is 0 Å². The summed E-state index contributed by atoms with van der Waals surface area (Å²) in [4.78, 5) is 12.1. The second-order valence-electron chi connectivity index (χ2n) is 6.77. The van der Waals surface area contributed by atoms with Gasteiger partial charge in [-0.2, -0.15) is 0 Å². The molecule has 1 heterocycles. The van der Waals surface area contributed by atoms with Gasteiger partial charge in [-0.3, -0.25) is 4.79 Å². The number of rotatable bonds is 7. The van der Waals surface area contributed by atoms with Crippen molar-refractivity contribution in [2.24, 2.45) is 5.92 Å². The number of benzene rings is 1. The zero-order valence-corrected chi connectivity index (χ0v) is 14.1. The van der Waals surface area contributed by atoms with E-state index in [0.717, 1.165) is 24.0 Å². The molecular formula is C18H23N3O3. The molecule has 0 bridgehead atoms. The van der Waals surface area contributed by atoms with Crippen molar-refractivity contribution in [3.05, 3.63) is 35.7 Å². The van der Waals surface area contributed by atoms with Crippen LogP contribution in [0.25, 0.3) is 11.5 Å². The molecule has 1 saturated carbocycles. The fourth-order valence-corrected chi connectivity index (χ4v) is 2.76. The predicted octanol–water partition coefficient (Wildman–Crippen LogP) is 2.25. The topological polar surface area (TPSA) is 88.2 Å². The molecular weight excluding hydrogens is 306 g/mol. The molecule has 24 heavy (non-hydrogen) atoms. The Balaban J connectivity index is 1.55. The minimum Gasteiger partial charge on any atom is -0.421 e. The Bertz CT molecular complexity index is 707. The van der Waals surface area contributed by atoms with Gasteiger partial charge in [0.15, 0.2) is 0 Å². The summed E-state index contributed by atoms with van der Waals surface area (Å²) in [7, 11) is 0. The monoisotopic (exact) mass is 329 g/mol. The average Bonchev–Trinajstić information content (AvgIpc) is 3.33. The van der Waals surface area contributed by atoms with Crippen LogP contribution in [0.1, 0.15) is 37.6 Å². The lowest BCUT2D eigenvalue weighted by Gasteiger charge is -2.28. The van der Waals surface area contributed by atoms with Crippen LogP contribution in [0, 0.1) is 12.8 Å². The molecule has 1 aliphatic rings. The summed E-state index contributed by atoms with van der Waals surface area (Å²) in [5.41, 5.74) is 1.52. The summed E-state index contributed by atoms with van der Waals surface area (Å²) in [6, 6.07) is 7.84. The van der Waals surface area contributed by atoms with Crippen LogP contribution < -0.4 is 5.32 Å². The zero-order valence-electron chi connectivity index (χ0n) is 14.1. The van der Waals surface area contributed by atoms with Crippen molar-refractivity contribution in [3.8, 4) is 11.5 Å². The van der Waals surface area contributed by atoms with Crippen molar-refractivity contribution in [2.75, 3.05) is 6.61 Å². The number of aliphatic hydroxyl groups is 1. The van der Waals surface area contributed by atoms with Crippen molar-refractivity contribution < 1.29 is 14.3 Å². The van der Waals surface area contributed by atoms with E-state index in [1.807, 2.05) is 38.1 Å². The second kappa shape index (κ2) is 6.73. The number of carbonyl (C=O) groups excluding carboxylic acids is 1. The molecule has 2 N–H and O–H groups in total. The number of hydrogen-bond acceptors (Lipinski definition) is 5. The van der Waals surface area contributed by atoms with E-state index in [0.29, 0.717) is 24.1 Å². The lowest BCUT2D eigenvalue weighted by atomic mass is 9.96. The third-order valence-electron chi connectivity index (χ3n) is 4.56. The Hall–Kier alpha value is -2.21. The van der Waals surface area contributed by atoms with Crippen molar-refractivity contribution >= 4 is 5.91 Å². The minimum atomic E-state index is -0.515. The quantitative estimate of drug-likeness (QED) is 0.813. The van der Waals surface area contributed by atoms with Gasteiger partial charge in [-0.05, 0) is 44.7 Å². The lowest BCUT2D eigenvalue weighted by Crippen LogP contribution is -2.50. The summed E-state index contributed by atoms with van der Waals surface area (Å²) in [6.07, 6.45) is 2.76. The number of carbonyl (C=O) groups is 1. The van der Waals surface area contributed by atoms with Gasteiger partial charge in [-0.15, -0.1) is 10.2 Å². The molecule has 128 valence electrons. The number of nitrogens with one attached hydrogen (secondary N) is 1. The van der Waals surface area contributed by atoms with E-state index < -0.39 is 5.54 Å². The van der Waals surface area contributed by atoms with E-state index >= 15 is 0 Å². The predicted molar refractivity (Wildman–Crippen MR) is 89.1 cm³/mol. The molecule has 0 aliphatic heterocycles. The molecule has 0 saturated heterocycles. The Kier molecular flexibility index (Phi) is 4.66. The van der Waals surface area contributed by atoms with E-state index in [9.17, 15) is 9.90 Å². The molecule has 2 aromatic rings. The summed E-state index contributed by atoms with van der Waals surface area (Å²) in [5, 5.41) is 20.5. The van der Waals surface area contributed by atoms with Gasteiger partial charge in [0, 0.05) is 18.4 Å². The first-order chi connectivity index (χ1) is 11.5. The highest BCUT2D eigenvalue weighted by Crippen LogP contribution is 2.39. The minimum absolute atomic E-state index is 0.0401. The summed E-state index contributed by atoms with van der Waals surface area (Å²) < 4.78 is 5.62. The van der Waals surface area contributed by atoms with E-state index in [-0.39, 0.29) is 18.9 Å². The highest BCUT2D eigenvalue weighted by molar-refractivity contribution is 5.77. The van der Waals surface area contributed by atoms with Crippen molar-refractivity contribution in [1.82, 2.24) is 15.5 Å².